The van der Waals surface area contributed by atoms with Gasteiger partial charge in [0.05, 0.1) is 18.8 Å². The van der Waals surface area contributed by atoms with Crippen LogP contribution in [-0.4, -0.2) is 36.3 Å². The number of phenols is 1. The van der Waals surface area contributed by atoms with Crippen LogP contribution in [0.4, 0.5) is 0 Å². The van der Waals surface area contributed by atoms with Gasteiger partial charge in [-0.15, -0.1) is 5.73 Å². The SMILES string of the molecule is Cc1cc([C@H](O)CC=C=C(CO[Si](c2ccccc2)(c2ccccc2)C(C)(C)C)C[C@H](C)O)cc(C)c1O. The van der Waals surface area contributed by atoms with Crippen molar-refractivity contribution in [2.45, 2.75) is 71.6 Å². The van der Waals surface area contributed by atoms with Crippen molar-refractivity contribution < 1.29 is 19.7 Å². The fourth-order valence-corrected chi connectivity index (χ4v) is 9.65. The van der Waals surface area contributed by atoms with E-state index in [9.17, 15) is 15.3 Å². The van der Waals surface area contributed by atoms with E-state index < -0.39 is 20.5 Å². The van der Waals surface area contributed by atoms with Crippen molar-refractivity contribution in [2.24, 2.45) is 0 Å². The highest BCUT2D eigenvalue weighted by Gasteiger charge is 2.50. The second-order valence-electron chi connectivity index (χ2n) is 11.2. The van der Waals surface area contributed by atoms with E-state index in [0.717, 1.165) is 22.3 Å². The lowest BCUT2D eigenvalue weighted by atomic mass is 10.00. The number of aliphatic hydroxyl groups excluding tert-OH is 2. The molecule has 0 aromatic heterocycles. The van der Waals surface area contributed by atoms with E-state index in [0.29, 0.717) is 19.4 Å². The molecule has 0 aliphatic rings. The van der Waals surface area contributed by atoms with Crippen molar-refractivity contribution in [1.82, 2.24) is 0 Å². The Morgan fingerprint density at radius 1 is 0.921 bits per heavy atom. The van der Waals surface area contributed by atoms with Crippen LogP contribution in [0.2, 0.25) is 5.04 Å². The molecule has 0 fully saturated rings. The molecule has 3 aromatic carbocycles. The molecule has 3 aromatic rings. The zero-order valence-electron chi connectivity index (χ0n) is 23.5. The number of benzene rings is 3. The number of hydrogen-bond acceptors (Lipinski definition) is 4. The van der Waals surface area contributed by atoms with Gasteiger partial charge in [0.1, 0.15) is 5.75 Å². The Bertz CT molecular complexity index is 1190. The topological polar surface area (TPSA) is 69.9 Å². The fraction of sp³-hybridized carbons (Fsp3) is 0.364. The van der Waals surface area contributed by atoms with Crippen LogP contribution in [0.3, 0.4) is 0 Å². The molecule has 0 unspecified atom stereocenters. The minimum atomic E-state index is -2.72. The van der Waals surface area contributed by atoms with Crippen LogP contribution >= 0.6 is 0 Å². The minimum Gasteiger partial charge on any atom is -0.507 e. The van der Waals surface area contributed by atoms with Gasteiger partial charge in [0, 0.05) is 12.8 Å². The van der Waals surface area contributed by atoms with Gasteiger partial charge in [-0.3, -0.25) is 0 Å². The van der Waals surface area contributed by atoms with Crippen LogP contribution < -0.4 is 10.4 Å². The van der Waals surface area contributed by atoms with E-state index in [2.05, 4.69) is 75.0 Å². The number of hydrogen-bond donors (Lipinski definition) is 3. The van der Waals surface area contributed by atoms with Crippen molar-refractivity contribution >= 4 is 18.7 Å². The predicted octanol–water partition coefficient (Wildman–Crippen LogP) is 5.86. The Hall–Kier alpha value is -2.92. The molecule has 0 aliphatic carbocycles. The molecule has 0 spiro atoms. The van der Waals surface area contributed by atoms with Crippen LogP contribution in [0.1, 0.15) is 63.3 Å². The smallest absolute Gasteiger partial charge is 0.261 e. The maximum atomic E-state index is 10.8. The molecular formula is C33H42O4Si. The third-order valence-corrected chi connectivity index (χ3v) is 11.9. The third-order valence-electron chi connectivity index (χ3n) is 6.97. The molecule has 0 bridgehead atoms. The fourth-order valence-electron chi connectivity index (χ4n) is 5.11. The van der Waals surface area contributed by atoms with Crippen molar-refractivity contribution in [3.63, 3.8) is 0 Å². The molecule has 0 aliphatic heterocycles. The van der Waals surface area contributed by atoms with Gasteiger partial charge in [-0.25, -0.2) is 0 Å². The average Bonchev–Trinajstić information content (AvgIpc) is 2.87. The number of aromatic hydroxyl groups is 1. The molecule has 4 nitrogen and oxygen atoms in total. The highest BCUT2D eigenvalue weighted by Crippen LogP contribution is 2.37. The highest BCUT2D eigenvalue weighted by molar-refractivity contribution is 6.99. The molecule has 0 saturated carbocycles. The average molecular weight is 531 g/mol. The summed E-state index contributed by atoms with van der Waals surface area (Å²) >= 11 is 0. The van der Waals surface area contributed by atoms with Crippen LogP contribution in [-0.2, 0) is 4.43 Å². The minimum absolute atomic E-state index is 0.153. The Morgan fingerprint density at radius 2 is 1.42 bits per heavy atom. The largest absolute Gasteiger partial charge is 0.507 e. The molecular weight excluding hydrogens is 488 g/mol. The lowest BCUT2D eigenvalue weighted by Crippen LogP contribution is -2.66. The summed E-state index contributed by atoms with van der Waals surface area (Å²) in [5.74, 6) is 0.260. The van der Waals surface area contributed by atoms with Crippen LogP contribution in [0, 0.1) is 13.8 Å². The first-order valence-corrected chi connectivity index (χ1v) is 15.2. The van der Waals surface area contributed by atoms with Crippen LogP contribution in [0.5, 0.6) is 5.75 Å². The molecule has 5 heteroatoms. The summed E-state index contributed by atoms with van der Waals surface area (Å²) in [5.41, 5.74) is 6.44. The molecule has 0 saturated heterocycles. The molecule has 0 heterocycles. The molecule has 0 amide bonds. The van der Waals surface area contributed by atoms with Crippen molar-refractivity contribution in [3.8, 4) is 5.75 Å². The summed E-state index contributed by atoms with van der Waals surface area (Å²) in [6.45, 7) is 12.5. The summed E-state index contributed by atoms with van der Waals surface area (Å²) in [6, 6.07) is 24.6. The van der Waals surface area contributed by atoms with Gasteiger partial charge in [-0.1, -0.05) is 81.4 Å². The molecule has 2 atom stereocenters. The second-order valence-corrected chi connectivity index (χ2v) is 15.5. The third kappa shape index (κ3) is 6.93. The quantitative estimate of drug-likeness (QED) is 0.227. The van der Waals surface area contributed by atoms with E-state index in [1.54, 1.807) is 6.92 Å². The maximum Gasteiger partial charge on any atom is 0.261 e. The van der Waals surface area contributed by atoms with Crippen molar-refractivity contribution in [3.05, 3.63) is 107 Å². The van der Waals surface area contributed by atoms with Gasteiger partial charge >= 0.3 is 0 Å². The molecule has 0 radical (unpaired) electrons. The first-order chi connectivity index (χ1) is 18.0. The highest BCUT2D eigenvalue weighted by atomic mass is 28.4. The summed E-state index contributed by atoms with van der Waals surface area (Å²) in [6.07, 6.45) is 1.37. The van der Waals surface area contributed by atoms with Gasteiger partial charge in [-0.2, -0.15) is 0 Å². The Kier molecular flexibility index (Phi) is 9.94. The van der Waals surface area contributed by atoms with E-state index in [4.69, 9.17) is 4.43 Å². The lowest BCUT2D eigenvalue weighted by Gasteiger charge is -2.43. The summed E-state index contributed by atoms with van der Waals surface area (Å²) in [5, 5.41) is 33.3. The van der Waals surface area contributed by atoms with E-state index in [1.807, 2.05) is 44.2 Å². The van der Waals surface area contributed by atoms with Crippen molar-refractivity contribution in [1.29, 1.82) is 0 Å². The Labute approximate surface area is 229 Å². The number of aryl methyl sites for hydroxylation is 2. The Morgan fingerprint density at radius 3 is 1.87 bits per heavy atom. The molecule has 202 valence electrons. The summed E-state index contributed by atoms with van der Waals surface area (Å²) in [7, 11) is -2.72. The summed E-state index contributed by atoms with van der Waals surface area (Å²) in [4.78, 5) is 0. The maximum absolute atomic E-state index is 10.8. The normalized spacial score (nSPS) is 13.5. The summed E-state index contributed by atoms with van der Waals surface area (Å²) < 4.78 is 7.03. The first kappa shape index (κ1) is 29.6. The molecule has 38 heavy (non-hydrogen) atoms. The first-order valence-electron chi connectivity index (χ1n) is 13.3. The zero-order valence-corrected chi connectivity index (χ0v) is 24.5. The Balaban J connectivity index is 1.95. The number of rotatable bonds is 10. The van der Waals surface area contributed by atoms with E-state index in [1.165, 1.54) is 10.4 Å². The van der Waals surface area contributed by atoms with Gasteiger partial charge in [-0.05, 0) is 76.7 Å². The number of aliphatic hydroxyl groups is 2. The number of phenolic OH excluding ortho intramolecular Hbond substituents is 1. The van der Waals surface area contributed by atoms with Gasteiger partial charge in [0.25, 0.3) is 8.32 Å². The second kappa shape index (κ2) is 12.7. The van der Waals surface area contributed by atoms with E-state index in [-0.39, 0.29) is 10.8 Å². The standard InChI is InChI=1S/C33H42O4Si/c1-24-20-28(21-25(2)32(24)36)31(35)19-13-14-27(22-26(3)34)23-37-38(33(4,5)6,29-15-9-7-10-16-29)30-17-11-8-12-18-30/h7-13,15-18,20-21,26,31,34-36H,19,22-23H2,1-6H3/t14?,26-,31+/m0/s1. The van der Waals surface area contributed by atoms with Crippen molar-refractivity contribution in [2.75, 3.05) is 6.61 Å². The monoisotopic (exact) mass is 530 g/mol. The molecule has 3 N–H and O–H groups in total. The van der Waals surface area contributed by atoms with Crippen LogP contribution in [0.15, 0.2) is 90.2 Å². The van der Waals surface area contributed by atoms with E-state index >= 15 is 0 Å². The van der Waals surface area contributed by atoms with Crippen LogP contribution in [0.25, 0.3) is 0 Å². The molecule has 3 rings (SSSR count). The lowest BCUT2D eigenvalue weighted by molar-refractivity contribution is 0.181. The zero-order chi connectivity index (χ0) is 27.9. The van der Waals surface area contributed by atoms with Gasteiger partial charge in [0.2, 0.25) is 0 Å². The van der Waals surface area contributed by atoms with Gasteiger partial charge in [0.15, 0.2) is 0 Å². The van der Waals surface area contributed by atoms with Gasteiger partial charge < -0.3 is 19.7 Å². The predicted molar refractivity (Wildman–Crippen MR) is 159 cm³/mol.